The van der Waals surface area contributed by atoms with E-state index in [4.69, 9.17) is 5.21 Å². The van der Waals surface area contributed by atoms with Crippen molar-refractivity contribution in [3.63, 3.8) is 0 Å². The molecule has 3 rings (SSSR count). The molecule has 20 heavy (non-hydrogen) atoms. The van der Waals surface area contributed by atoms with Gasteiger partial charge in [0.05, 0.1) is 5.71 Å². The summed E-state index contributed by atoms with van der Waals surface area (Å²) in [5.74, 6) is 0. The number of hydrogen-bond acceptors (Lipinski definition) is 3. The molecular weight excluding hydrogens is 248 g/mol. The Balaban J connectivity index is 1.78. The fraction of sp³-hybridized carbons (Fsp3) is 0.235. The van der Waals surface area contributed by atoms with Gasteiger partial charge in [0.15, 0.2) is 0 Å². The second-order valence-corrected chi connectivity index (χ2v) is 5.04. The van der Waals surface area contributed by atoms with Crippen LogP contribution >= 0.6 is 0 Å². The molecule has 102 valence electrons. The zero-order valence-electron chi connectivity index (χ0n) is 11.4. The lowest BCUT2D eigenvalue weighted by atomic mass is 9.99. The second-order valence-electron chi connectivity index (χ2n) is 5.04. The summed E-state index contributed by atoms with van der Waals surface area (Å²) in [7, 11) is 0. The zero-order chi connectivity index (χ0) is 13.8. The summed E-state index contributed by atoms with van der Waals surface area (Å²) in [6, 6.07) is 18.7. The molecule has 0 aromatic heterocycles. The summed E-state index contributed by atoms with van der Waals surface area (Å²) < 4.78 is 0. The molecule has 0 unspecified atom stereocenters. The molecule has 1 heterocycles. The Bertz CT molecular complexity index is 607. The van der Waals surface area contributed by atoms with E-state index in [0.29, 0.717) is 0 Å². The van der Waals surface area contributed by atoms with E-state index in [1.807, 2.05) is 24.3 Å². The molecule has 0 aliphatic carbocycles. The number of nitrogens with zero attached hydrogens (tertiary/aromatic N) is 2. The Morgan fingerprint density at radius 2 is 1.75 bits per heavy atom. The van der Waals surface area contributed by atoms with Gasteiger partial charge in [-0.15, -0.1) is 0 Å². The van der Waals surface area contributed by atoms with Crippen LogP contribution in [0.15, 0.2) is 59.8 Å². The van der Waals surface area contributed by atoms with E-state index in [1.54, 1.807) is 0 Å². The van der Waals surface area contributed by atoms with Gasteiger partial charge in [-0.3, -0.25) is 0 Å². The molecule has 2 aromatic rings. The summed E-state index contributed by atoms with van der Waals surface area (Å²) in [5.41, 5.74) is 4.36. The number of rotatable bonds is 3. The summed E-state index contributed by atoms with van der Waals surface area (Å²) >= 11 is 0. The van der Waals surface area contributed by atoms with Gasteiger partial charge in [-0.05, 0) is 18.1 Å². The van der Waals surface area contributed by atoms with E-state index in [1.165, 1.54) is 11.3 Å². The Hall–Kier alpha value is -2.29. The van der Waals surface area contributed by atoms with Crippen LogP contribution in [0.4, 0.5) is 5.69 Å². The van der Waals surface area contributed by atoms with Gasteiger partial charge in [-0.25, -0.2) is 0 Å². The number of fused-ring (bicyclic) bond motifs is 1. The van der Waals surface area contributed by atoms with Crippen LogP contribution in [0.25, 0.3) is 0 Å². The first-order valence-electron chi connectivity index (χ1n) is 6.97. The fourth-order valence-electron chi connectivity index (χ4n) is 2.73. The molecule has 0 bridgehead atoms. The Morgan fingerprint density at radius 3 is 2.55 bits per heavy atom. The number of para-hydroxylation sites is 1. The molecule has 3 nitrogen and oxygen atoms in total. The molecule has 0 atom stereocenters. The zero-order valence-corrected chi connectivity index (χ0v) is 11.4. The molecule has 1 aliphatic rings. The normalized spacial score (nSPS) is 16.2. The van der Waals surface area contributed by atoms with E-state index in [0.717, 1.165) is 37.2 Å². The molecule has 0 radical (unpaired) electrons. The molecule has 0 saturated heterocycles. The standard InChI is InChI=1S/C17H18N2O/c20-18-16-11-13-19(17-9-5-4-8-15(16)17)12-10-14-6-2-1-3-7-14/h1-9,20H,10-13H2. The highest BCUT2D eigenvalue weighted by Gasteiger charge is 2.21. The number of oxime groups is 1. The largest absolute Gasteiger partial charge is 0.411 e. The van der Waals surface area contributed by atoms with Gasteiger partial charge in [0.2, 0.25) is 0 Å². The van der Waals surface area contributed by atoms with Crippen molar-refractivity contribution in [3.8, 4) is 0 Å². The minimum atomic E-state index is 0.788. The first-order chi connectivity index (χ1) is 9.88. The van der Waals surface area contributed by atoms with Gasteiger partial charge in [0, 0.05) is 30.8 Å². The lowest BCUT2D eigenvalue weighted by molar-refractivity contribution is 0.318. The minimum Gasteiger partial charge on any atom is -0.411 e. The highest BCUT2D eigenvalue weighted by molar-refractivity contribution is 6.06. The SMILES string of the molecule is ON=C1CCN(CCc2ccccc2)c2ccccc21. The van der Waals surface area contributed by atoms with Crippen LogP contribution in [0.1, 0.15) is 17.5 Å². The smallest absolute Gasteiger partial charge is 0.0906 e. The summed E-state index contributed by atoms with van der Waals surface area (Å²) in [5, 5.41) is 12.5. The second kappa shape index (κ2) is 5.78. The monoisotopic (exact) mass is 266 g/mol. The molecular formula is C17H18N2O. The molecule has 2 aromatic carbocycles. The quantitative estimate of drug-likeness (QED) is 0.683. The van der Waals surface area contributed by atoms with Crippen LogP contribution in [-0.4, -0.2) is 24.0 Å². The molecule has 0 saturated carbocycles. The molecule has 1 aliphatic heterocycles. The first kappa shape index (κ1) is 12.7. The minimum absolute atomic E-state index is 0.788. The molecule has 0 fully saturated rings. The lowest BCUT2D eigenvalue weighted by Gasteiger charge is -2.31. The van der Waals surface area contributed by atoms with Crippen molar-refractivity contribution in [3.05, 3.63) is 65.7 Å². The maximum Gasteiger partial charge on any atom is 0.0906 e. The van der Waals surface area contributed by atoms with Gasteiger partial charge in [-0.2, -0.15) is 0 Å². The average Bonchev–Trinajstić information content (AvgIpc) is 2.53. The lowest BCUT2D eigenvalue weighted by Crippen LogP contribution is -2.34. The number of hydrogen-bond donors (Lipinski definition) is 1. The molecule has 0 spiro atoms. The highest BCUT2D eigenvalue weighted by Crippen LogP contribution is 2.27. The van der Waals surface area contributed by atoms with Crippen LogP contribution in [0.5, 0.6) is 0 Å². The molecule has 0 amide bonds. The predicted octanol–water partition coefficient (Wildman–Crippen LogP) is 3.32. The van der Waals surface area contributed by atoms with Crippen molar-refractivity contribution in [2.45, 2.75) is 12.8 Å². The molecule has 1 N–H and O–H groups in total. The van der Waals surface area contributed by atoms with Crippen molar-refractivity contribution < 1.29 is 5.21 Å². The van der Waals surface area contributed by atoms with E-state index in [9.17, 15) is 0 Å². The van der Waals surface area contributed by atoms with Crippen LogP contribution < -0.4 is 4.90 Å². The fourth-order valence-corrected chi connectivity index (χ4v) is 2.73. The topological polar surface area (TPSA) is 35.8 Å². The third-order valence-corrected chi connectivity index (χ3v) is 3.81. The maximum absolute atomic E-state index is 9.10. The van der Waals surface area contributed by atoms with E-state index >= 15 is 0 Å². The van der Waals surface area contributed by atoms with E-state index in [-0.39, 0.29) is 0 Å². The maximum atomic E-state index is 9.10. The van der Waals surface area contributed by atoms with Crippen molar-refractivity contribution in [1.29, 1.82) is 0 Å². The Labute approximate surface area is 119 Å². The predicted molar refractivity (Wildman–Crippen MR) is 81.7 cm³/mol. The van der Waals surface area contributed by atoms with Crippen molar-refractivity contribution in [1.82, 2.24) is 0 Å². The van der Waals surface area contributed by atoms with Crippen LogP contribution in [0, 0.1) is 0 Å². The van der Waals surface area contributed by atoms with Crippen molar-refractivity contribution >= 4 is 11.4 Å². The Kier molecular flexibility index (Phi) is 3.68. The third-order valence-electron chi connectivity index (χ3n) is 3.81. The van der Waals surface area contributed by atoms with Gasteiger partial charge in [0.1, 0.15) is 0 Å². The summed E-state index contributed by atoms with van der Waals surface area (Å²) in [6.07, 6.45) is 1.82. The van der Waals surface area contributed by atoms with E-state index < -0.39 is 0 Å². The van der Waals surface area contributed by atoms with Gasteiger partial charge < -0.3 is 10.1 Å². The summed E-state index contributed by atoms with van der Waals surface area (Å²) in [4.78, 5) is 2.37. The van der Waals surface area contributed by atoms with Crippen molar-refractivity contribution in [2.75, 3.05) is 18.0 Å². The first-order valence-corrected chi connectivity index (χ1v) is 6.97. The van der Waals surface area contributed by atoms with Gasteiger partial charge in [-0.1, -0.05) is 53.7 Å². The van der Waals surface area contributed by atoms with Crippen LogP contribution in [0.3, 0.4) is 0 Å². The highest BCUT2D eigenvalue weighted by atomic mass is 16.4. The molecule has 3 heteroatoms. The average molecular weight is 266 g/mol. The Morgan fingerprint density at radius 1 is 1.00 bits per heavy atom. The van der Waals surface area contributed by atoms with Gasteiger partial charge >= 0.3 is 0 Å². The van der Waals surface area contributed by atoms with Crippen LogP contribution in [0.2, 0.25) is 0 Å². The number of anilines is 1. The summed E-state index contributed by atoms with van der Waals surface area (Å²) in [6.45, 7) is 1.89. The van der Waals surface area contributed by atoms with Crippen LogP contribution in [-0.2, 0) is 6.42 Å². The van der Waals surface area contributed by atoms with Gasteiger partial charge in [0.25, 0.3) is 0 Å². The van der Waals surface area contributed by atoms with E-state index in [2.05, 4.69) is 40.4 Å². The van der Waals surface area contributed by atoms with Crippen molar-refractivity contribution in [2.24, 2.45) is 5.16 Å². The third kappa shape index (κ3) is 2.52. The number of benzene rings is 2.